The van der Waals surface area contributed by atoms with Crippen LogP contribution in [-0.4, -0.2) is 51.5 Å². The number of benzene rings is 1. The van der Waals surface area contributed by atoms with Crippen LogP contribution in [-0.2, 0) is 17.9 Å². The molecule has 1 saturated heterocycles. The van der Waals surface area contributed by atoms with Gasteiger partial charge in [-0.2, -0.15) is 0 Å². The van der Waals surface area contributed by atoms with Crippen LogP contribution in [0, 0.1) is 11.8 Å². The number of primary amides is 1. The molecule has 182 valence electrons. The van der Waals surface area contributed by atoms with Gasteiger partial charge in [0.05, 0.1) is 24.2 Å². The van der Waals surface area contributed by atoms with Crippen LogP contribution < -0.4 is 26.7 Å². The summed E-state index contributed by atoms with van der Waals surface area (Å²) in [6.45, 7) is 2.93. The van der Waals surface area contributed by atoms with E-state index in [-0.39, 0.29) is 41.8 Å². The van der Waals surface area contributed by atoms with Gasteiger partial charge in [0, 0.05) is 25.3 Å². The Morgan fingerprint density at radius 1 is 1.26 bits per heavy atom. The molecule has 1 fully saturated rings. The van der Waals surface area contributed by atoms with E-state index in [1.165, 1.54) is 4.57 Å². The molecule has 1 unspecified atom stereocenters. The summed E-state index contributed by atoms with van der Waals surface area (Å²) in [5, 5.41) is 0. The van der Waals surface area contributed by atoms with Crippen LogP contribution >= 0.6 is 0 Å². The molecule has 35 heavy (non-hydrogen) atoms. The first kappa shape index (κ1) is 24.0. The van der Waals surface area contributed by atoms with Gasteiger partial charge in [-0.15, -0.1) is 5.92 Å². The van der Waals surface area contributed by atoms with Crippen LogP contribution in [0.2, 0.25) is 0 Å². The first-order chi connectivity index (χ1) is 16.9. The first-order valence-electron chi connectivity index (χ1n) is 11.4. The number of aromatic nitrogens is 3. The van der Waals surface area contributed by atoms with Crippen molar-refractivity contribution in [3.8, 4) is 17.6 Å². The SMILES string of the molecule is CC#CCn1c(N2CCCC(N)C2)nc2ccn(CC(=O)c3ccccc3OCC(N)=O)c(=O)c21. The van der Waals surface area contributed by atoms with Gasteiger partial charge in [0.15, 0.2) is 12.4 Å². The van der Waals surface area contributed by atoms with Crippen molar-refractivity contribution < 1.29 is 14.3 Å². The molecule has 0 bridgehead atoms. The van der Waals surface area contributed by atoms with Crippen LogP contribution in [0.4, 0.5) is 5.95 Å². The lowest BCUT2D eigenvalue weighted by atomic mass is 10.1. The normalized spacial score (nSPS) is 15.5. The van der Waals surface area contributed by atoms with E-state index in [0.717, 1.165) is 19.4 Å². The molecule has 10 heteroatoms. The maximum Gasteiger partial charge on any atom is 0.277 e. The molecule has 0 spiro atoms. The minimum absolute atomic E-state index is 0.0420. The van der Waals surface area contributed by atoms with Crippen LogP contribution in [0.25, 0.3) is 11.0 Å². The quantitative estimate of drug-likeness (QED) is 0.364. The Kier molecular flexibility index (Phi) is 7.17. The van der Waals surface area contributed by atoms with Crippen molar-refractivity contribution in [2.45, 2.75) is 38.9 Å². The summed E-state index contributed by atoms with van der Waals surface area (Å²) in [5.74, 6) is 5.80. The van der Waals surface area contributed by atoms with Gasteiger partial charge in [0.25, 0.3) is 11.5 Å². The number of nitrogens with zero attached hydrogens (tertiary/aromatic N) is 4. The highest BCUT2D eigenvalue weighted by Gasteiger charge is 2.24. The fourth-order valence-electron chi connectivity index (χ4n) is 4.24. The molecule has 1 aliphatic rings. The van der Waals surface area contributed by atoms with E-state index in [0.29, 0.717) is 30.1 Å². The molecule has 1 amide bonds. The standard InChI is InChI=1S/C25H28N6O4/c1-2-3-12-31-23-19(28-25(31)30-11-6-7-17(26)14-30)10-13-29(24(23)34)15-20(32)18-8-4-5-9-21(18)35-16-22(27)33/h4-5,8-10,13,17H,6-7,11-12,14-16,26H2,1H3,(H2,27,33). The molecule has 4 N–H and O–H groups in total. The Morgan fingerprint density at radius 2 is 2.06 bits per heavy atom. The molecule has 3 aromatic rings. The Hall–Kier alpha value is -4.10. The number of carbonyl (C=O) groups excluding carboxylic acids is 2. The first-order valence-corrected chi connectivity index (χ1v) is 11.4. The van der Waals surface area contributed by atoms with E-state index >= 15 is 0 Å². The summed E-state index contributed by atoms with van der Waals surface area (Å²) < 4.78 is 8.52. The van der Waals surface area contributed by atoms with Crippen molar-refractivity contribution in [2.75, 3.05) is 24.6 Å². The zero-order valence-electron chi connectivity index (χ0n) is 19.6. The minimum atomic E-state index is -0.650. The van der Waals surface area contributed by atoms with E-state index in [4.69, 9.17) is 21.2 Å². The maximum atomic E-state index is 13.5. The molecule has 3 heterocycles. The van der Waals surface area contributed by atoms with E-state index in [1.807, 2.05) is 0 Å². The number of rotatable bonds is 8. The number of hydrogen-bond acceptors (Lipinski definition) is 7. The lowest BCUT2D eigenvalue weighted by molar-refractivity contribution is -0.119. The minimum Gasteiger partial charge on any atom is -0.483 e. The lowest BCUT2D eigenvalue weighted by Crippen LogP contribution is -2.44. The number of para-hydroxylation sites is 1. The van der Waals surface area contributed by atoms with E-state index in [1.54, 1.807) is 48.0 Å². The van der Waals surface area contributed by atoms with Gasteiger partial charge in [-0.25, -0.2) is 4.98 Å². The fourth-order valence-corrected chi connectivity index (χ4v) is 4.24. The number of ether oxygens (including phenoxy) is 1. The average molecular weight is 477 g/mol. The van der Waals surface area contributed by atoms with Gasteiger partial charge in [0.1, 0.15) is 11.3 Å². The molecule has 1 aromatic carbocycles. The van der Waals surface area contributed by atoms with Crippen molar-refractivity contribution in [3.05, 3.63) is 52.4 Å². The number of fused-ring (bicyclic) bond motifs is 1. The molecular formula is C25H28N6O4. The number of amides is 1. The number of piperidine rings is 1. The third-order valence-electron chi connectivity index (χ3n) is 5.88. The van der Waals surface area contributed by atoms with Gasteiger partial charge >= 0.3 is 0 Å². The largest absolute Gasteiger partial charge is 0.483 e. The Labute approximate surface area is 202 Å². The molecule has 2 aromatic heterocycles. The van der Waals surface area contributed by atoms with Crippen molar-refractivity contribution in [1.29, 1.82) is 0 Å². The second-order valence-corrected chi connectivity index (χ2v) is 8.43. The summed E-state index contributed by atoms with van der Waals surface area (Å²) >= 11 is 0. The highest BCUT2D eigenvalue weighted by atomic mass is 16.5. The number of carbonyl (C=O) groups is 2. The Bertz CT molecular complexity index is 1380. The highest BCUT2D eigenvalue weighted by molar-refractivity contribution is 5.98. The molecule has 0 saturated carbocycles. The van der Waals surface area contributed by atoms with E-state index in [9.17, 15) is 14.4 Å². The number of hydrogen-bond donors (Lipinski definition) is 2. The molecule has 1 aliphatic heterocycles. The second-order valence-electron chi connectivity index (χ2n) is 8.43. The van der Waals surface area contributed by atoms with Crippen LogP contribution in [0.15, 0.2) is 41.3 Å². The Morgan fingerprint density at radius 3 is 2.80 bits per heavy atom. The van der Waals surface area contributed by atoms with Gasteiger partial charge < -0.3 is 25.7 Å². The van der Waals surface area contributed by atoms with Crippen molar-refractivity contribution in [1.82, 2.24) is 14.1 Å². The molecular weight excluding hydrogens is 448 g/mol. The zero-order valence-corrected chi connectivity index (χ0v) is 19.6. The summed E-state index contributed by atoms with van der Waals surface area (Å²) in [4.78, 5) is 44.5. The van der Waals surface area contributed by atoms with Gasteiger partial charge in [-0.05, 0) is 38.0 Å². The zero-order chi connectivity index (χ0) is 24.9. The number of pyridine rings is 1. The van der Waals surface area contributed by atoms with Crippen molar-refractivity contribution in [3.63, 3.8) is 0 Å². The summed E-state index contributed by atoms with van der Waals surface area (Å²) in [6.07, 6.45) is 3.45. The smallest absolute Gasteiger partial charge is 0.277 e. The van der Waals surface area contributed by atoms with E-state index in [2.05, 4.69) is 16.7 Å². The molecule has 0 aliphatic carbocycles. The summed E-state index contributed by atoms with van der Waals surface area (Å²) in [6, 6.07) is 8.30. The van der Waals surface area contributed by atoms with E-state index < -0.39 is 5.91 Å². The van der Waals surface area contributed by atoms with Gasteiger partial charge in [0.2, 0.25) is 5.95 Å². The van der Waals surface area contributed by atoms with Crippen molar-refractivity contribution in [2.24, 2.45) is 11.5 Å². The fraction of sp³-hybridized carbons (Fsp3) is 0.360. The number of Topliss-reactive ketones (excluding diaryl/α,β-unsaturated/α-hetero) is 1. The predicted octanol–water partition coefficient (Wildman–Crippen LogP) is 0.896. The molecule has 10 nitrogen and oxygen atoms in total. The molecule has 0 radical (unpaired) electrons. The third-order valence-corrected chi connectivity index (χ3v) is 5.88. The number of anilines is 1. The van der Waals surface area contributed by atoms with Gasteiger partial charge in [-0.1, -0.05) is 18.1 Å². The topological polar surface area (TPSA) is 138 Å². The monoisotopic (exact) mass is 476 g/mol. The lowest BCUT2D eigenvalue weighted by Gasteiger charge is -2.31. The van der Waals surface area contributed by atoms with Gasteiger partial charge in [-0.3, -0.25) is 19.0 Å². The average Bonchev–Trinajstić information content (AvgIpc) is 3.22. The summed E-state index contributed by atoms with van der Waals surface area (Å²) in [5.41, 5.74) is 12.2. The number of ketones is 1. The van der Waals surface area contributed by atoms with Crippen LogP contribution in [0.5, 0.6) is 5.75 Å². The van der Waals surface area contributed by atoms with Crippen molar-refractivity contribution >= 4 is 28.7 Å². The van der Waals surface area contributed by atoms with Crippen LogP contribution in [0.3, 0.4) is 0 Å². The Balaban J connectivity index is 1.70. The second kappa shape index (κ2) is 10.4. The summed E-state index contributed by atoms with van der Waals surface area (Å²) in [7, 11) is 0. The predicted molar refractivity (Wildman–Crippen MR) is 132 cm³/mol. The molecule has 1 atom stereocenters. The molecule has 4 rings (SSSR count). The number of nitrogens with two attached hydrogens (primary N) is 2. The number of imidazole rings is 1. The maximum absolute atomic E-state index is 13.5. The highest BCUT2D eigenvalue weighted by Crippen LogP contribution is 2.24. The third kappa shape index (κ3) is 5.20. The van der Waals surface area contributed by atoms with Crippen LogP contribution in [0.1, 0.15) is 30.1 Å².